The molecule has 0 radical (unpaired) electrons. The van der Waals surface area contributed by atoms with E-state index in [0.717, 1.165) is 18.9 Å². The van der Waals surface area contributed by atoms with Crippen molar-refractivity contribution in [1.82, 2.24) is 4.90 Å². The summed E-state index contributed by atoms with van der Waals surface area (Å²) in [5.41, 5.74) is 0. The number of nitrogens with zero attached hydrogens (tertiary/aromatic N) is 1. The third-order valence-electron chi connectivity index (χ3n) is 2.11. The van der Waals surface area contributed by atoms with Gasteiger partial charge in [-0.1, -0.05) is 34.6 Å². The Morgan fingerprint density at radius 1 is 1.23 bits per heavy atom. The van der Waals surface area contributed by atoms with Gasteiger partial charge in [0.1, 0.15) is 0 Å². The Morgan fingerprint density at radius 3 is 1.85 bits per heavy atom. The topological polar surface area (TPSA) is 23.5 Å². The van der Waals surface area contributed by atoms with Crippen LogP contribution in [-0.2, 0) is 0 Å². The minimum absolute atomic E-state index is 0.320. The summed E-state index contributed by atoms with van der Waals surface area (Å²) in [6.07, 6.45) is 1.16. The van der Waals surface area contributed by atoms with Crippen molar-refractivity contribution in [3.63, 3.8) is 0 Å². The molecule has 1 rings (SSSR count). The van der Waals surface area contributed by atoms with Crippen LogP contribution in [0.3, 0.4) is 0 Å². The van der Waals surface area contributed by atoms with Gasteiger partial charge in [-0.2, -0.15) is 0 Å². The zero-order valence-electron chi connectivity index (χ0n) is 10.2. The predicted octanol–water partition coefficient (Wildman–Crippen LogP) is 2.37. The standard InChI is InChI=1S/C7H15NO.2C2H6/c1-6-3-7(5-9)8(2)4-6;2*1-2/h6-7,9H,3-5H2,1-2H3;2*1-2H3/t6?,7-;;/m0../s1. The minimum Gasteiger partial charge on any atom is -0.395 e. The highest BCUT2D eigenvalue weighted by atomic mass is 16.3. The molecule has 0 aromatic carbocycles. The van der Waals surface area contributed by atoms with Gasteiger partial charge < -0.3 is 10.0 Å². The van der Waals surface area contributed by atoms with E-state index in [1.165, 1.54) is 0 Å². The molecule has 0 aromatic rings. The summed E-state index contributed by atoms with van der Waals surface area (Å²) in [6, 6.07) is 0.431. The van der Waals surface area contributed by atoms with Crippen molar-refractivity contribution in [3.05, 3.63) is 0 Å². The van der Waals surface area contributed by atoms with E-state index in [1.54, 1.807) is 0 Å². The number of hydrogen-bond acceptors (Lipinski definition) is 2. The van der Waals surface area contributed by atoms with Crippen LogP contribution in [0.15, 0.2) is 0 Å². The second-order valence-electron chi connectivity index (χ2n) is 3.12. The fourth-order valence-electron chi connectivity index (χ4n) is 1.57. The van der Waals surface area contributed by atoms with E-state index in [1.807, 2.05) is 27.7 Å². The maximum Gasteiger partial charge on any atom is 0.0586 e. The molecule has 0 aliphatic carbocycles. The lowest BCUT2D eigenvalue weighted by molar-refractivity contribution is 0.182. The van der Waals surface area contributed by atoms with Crippen LogP contribution < -0.4 is 0 Å². The third-order valence-corrected chi connectivity index (χ3v) is 2.11. The van der Waals surface area contributed by atoms with Crippen molar-refractivity contribution in [1.29, 1.82) is 0 Å². The van der Waals surface area contributed by atoms with Gasteiger partial charge in [-0.15, -0.1) is 0 Å². The van der Waals surface area contributed by atoms with Gasteiger partial charge in [0, 0.05) is 12.6 Å². The van der Waals surface area contributed by atoms with E-state index >= 15 is 0 Å². The molecule has 0 aromatic heterocycles. The number of likely N-dealkylation sites (tertiary alicyclic amines) is 1. The van der Waals surface area contributed by atoms with Crippen LogP contribution in [0.1, 0.15) is 41.0 Å². The highest BCUT2D eigenvalue weighted by Gasteiger charge is 2.25. The molecule has 1 aliphatic rings. The summed E-state index contributed by atoms with van der Waals surface area (Å²) in [5, 5.41) is 8.81. The zero-order chi connectivity index (χ0) is 10.9. The van der Waals surface area contributed by atoms with Crippen molar-refractivity contribution >= 4 is 0 Å². The molecule has 1 N–H and O–H groups in total. The summed E-state index contributed by atoms with van der Waals surface area (Å²) >= 11 is 0. The highest BCUT2D eigenvalue weighted by molar-refractivity contribution is 4.79. The molecule has 0 spiro atoms. The predicted molar refractivity (Wildman–Crippen MR) is 60.0 cm³/mol. The fourth-order valence-corrected chi connectivity index (χ4v) is 1.57. The van der Waals surface area contributed by atoms with Crippen LogP contribution >= 0.6 is 0 Å². The molecule has 1 unspecified atom stereocenters. The summed E-state index contributed by atoms with van der Waals surface area (Å²) in [7, 11) is 2.07. The Balaban J connectivity index is 0. The van der Waals surface area contributed by atoms with E-state index in [2.05, 4.69) is 18.9 Å². The van der Waals surface area contributed by atoms with Crippen molar-refractivity contribution in [2.75, 3.05) is 20.2 Å². The molecule has 0 bridgehead atoms. The van der Waals surface area contributed by atoms with Gasteiger partial charge in [-0.25, -0.2) is 0 Å². The number of likely N-dealkylation sites (N-methyl/N-ethyl adjacent to an activating group) is 1. The van der Waals surface area contributed by atoms with Crippen LogP contribution in [0.2, 0.25) is 0 Å². The average Bonchev–Trinajstić information content (AvgIpc) is 2.51. The molecule has 1 heterocycles. The maximum atomic E-state index is 8.81. The lowest BCUT2D eigenvalue weighted by Crippen LogP contribution is -2.27. The fraction of sp³-hybridized carbons (Fsp3) is 1.00. The molecule has 2 atom stereocenters. The van der Waals surface area contributed by atoms with Crippen LogP contribution in [0, 0.1) is 5.92 Å². The van der Waals surface area contributed by atoms with Gasteiger partial charge >= 0.3 is 0 Å². The first-order chi connectivity index (χ1) is 6.24. The summed E-state index contributed by atoms with van der Waals surface area (Å²) in [5.74, 6) is 0.771. The van der Waals surface area contributed by atoms with Gasteiger partial charge in [0.05, 0.1) is 6.61 Å². The van der Waals surface area contributed by atoms with E-state index in [-0.39, 0.29) is 0 Å². The first kappa shape index (κ1) is 15.4. The van der Waals surface area contributed by atoms with E-state index in [9.17, 15) is 0 Å². The normalized spacial score (nSPS) is 27.0. The van der Waals surface area contributed by atoms with Gasteiger partial charge in [-0.05, 0) is 19.4 Å². The Labute approximate surface area is 83.9 Å². The number of aliphatic hydroxyl groups excluding tert-OH is 1. The highest BCUT2D eigenvalue weighted by Crippen LogP contribution is 2.19. The largest absolute Gasteiger partial charge is 0.395 e. The third kappa shape index (κ3) is 6.05. The summed E-state index contributed by atoms with van der Waals surface area (Å²) in [4.78, 5) is 2.23. The molecule has 2 heteroatoms. The summed E-state index contributed by atoms with van der Waals surface area (Å²) in [6.45, 7) is 11.7. The Bertz CT molecular complexity index is 96.1. The van der Waals surface area contributed by atoms with Gasteiger partial charge in [0.25, 0.3) is 0 Å². The SMILES string of the molecule is CC.CC.CC1C[C@@H](CO)N(C)C1. The quantitative estimate of drug-likeness (QED) is 0.684. The van der Waals surface area contributed by atoms with Gasteiger partial charge in [0.2, 0.25) is 0 Å². The van der Waals surface area contributed by atoms with Crippen molar-refractivity contribution in [3.8, 4) is 0 Å². The van der Waals surface area contributed by atoms with Crippen LogP contribution in [0.4, 0.5) is 0 Å². The maximum absolute atomic E-state index is 8.81. The molecule has 1 fully saturated rings. The molecule has 1 saturated heterocycles. The van der Waals surface area contributed by atoms with Gasteiger partial charge in [0.15, 0.2) is 0 Å². The average molecular weight is 189 g/mol. The zero-order valence-corrected chi connectivity index (χ0v) is 10.2. The van der Waals surface area contributed by atoms with E-state index in [0.29, 0.717) is 12.6 Å². The minimum atomic E-state index is 0.320. The Morgan fingerprint density at radius 2 is 1.69 bits per heavy atom. The van der Waals surface area contributed by atoms with E-state index in [4.69, 9.17) is 5.11 Å². The Kier molecular flexibility index (Phi) is 11.8. The Hall–Kier alpha value is -0.0800. The molecule has 1 aliphatic heterocycles. The number of aliphatic hydroxyl groups is 1. The lowest BCUT2D eigenvalue weighted by atomic mass is 10.1. The van der Waals surface area contributed by atoms with Crippen molar-refractivity contribution in [2.24, 2.45) is 5.92 Å². The lowest BCUT2D eigenvalue weighted by Gasteiger charge is -2.15. The van der Waals surface area contributed by atoms with Crippen molar-refractivity contribution in [2.45, 2.75) is 47.1 Å². The molecular formula is C11H27NO. The summed E-state index contributed by atoms with van der Waals surface area (Å²) < 4.78 is 0. The van der Waals surface area contributed by atoms with Crippen LogP contribution in [-0.4, -0.2) is 36.2 Å². The molecule has 0 amide bonds. The van der Waals surface area contributed by atoms with E-state index < -0.39 is 0 Å². The molecule has 0 saturated carbocycles. The molecule has 82 valence electrons. The van der Waals surface area contributed by atoms with Crippen LogP contribution in [0.5, 0.6) is 0 Å². The first-order valence-electron chi connectivity index (χ1n) is 5.55. The second-order valence-corrected chi connectivity index (χ2v) is 3.12. The number of hydrogen-bond donors (Lipinski definition) is 1. The molecular weight excluding hydrogens is 162 g/mol. The van der Waals surface area contributed by atoms with Crippen molar-refractivity contribution < 1.29 is 5.11 Å². The molecule has 13 heavy (non-hydrogen) atoms. The number of rotatable bonds is 1. The smallest absolute Gasteiger partial charge is 0.0586 e. The van der Waals surface area contributed by atoms with Gasteiger partial charge in [-0.3, -0.25) is 0 Å². The molecule has 2 nitrogen and oxygen atoms in total. The second kappa shape index (κ2) is 10.0. The van der Waals surface area contributed by atoms with Crippen LogP contribution in [0.25, 0.3) is 0 Å². The monoisotopic (exact) mass is 189 g/mol. The first-order valence-corrected chi connectivity index (χ1v) is 5.55.